The summed E-state index contributed by atoms with van der Waals surface area (Å²) in [6, 6.07) is 14.9. The van der Waals surface area contributed by atoms with Crippen LogP contribution >= 0.6 is 0 Å². The van der Waals surface area contributed by atoms with Gasteiger partial charge in [-0.3, -0.25) is 9.59 Å². The van der Waals surface area contributed by atoms with Gasteiger partial charge in [-0.2, -0.15) is 0 Å². The van der Waals surface area contributed by atoms with E-state index in [9.17, 15) is 9.59 Å². The average molecular weight is 362 g/mol. The van der Waals surface area contributed by atoms with E-state index in [0.717, 1.165) is 16.4 Å². The van der Waals surface area contributed by atoms with E-state index in [1.54, 1.807) is 13.1 Å². The topological polar surface area (TPSA) is 85.2 Å². The highest BCUT2D eigenvalue weighted by Gasteiger charge is 2.22. The number of fused-ring (bicyclic) bond motifs is 2. The fraction of sp³-hybridized carbons (Fsp3) is 0.190. The third-order valence-corrected chi connectivity index (χ3v) is 4.41. The smallest absolute Gasteiger partial charge is 0.307 e. The number of rotatable bonds is 6. The number of hydrogen-bond acceptors (Lipinski definition) is 5. The molecule has 4 rings (SSSR count). The Morgan fingerprint density at radius 1 is 1.15 bits per heavy atom. The van der Waals surface area contributed by atoms with Crippen molar-refractivity contribution in [3.63, 3.8) is 0 Å². The lowest BCUT2D eigenvalue weighted by atomic mass is 10.1. The molecule has 0 bridgehead atoms. The van der Waals surface area contributed by atoms with Crippen LogP contribution in [0.3, 0.4) is 0 Å². The molecule has 1 atom stereocenters. The van der Waals surface area contributed by atoms with Crippen molar-refractivity contribution in [2.45, 2.75) is 25.9 Å². The normalized spacial score (nSPS) is 12.3. The lowest BCUT2D eigenvalue weighted by molar-refractivity contribution is -0.146. The van der Waals surface area contributed by atoms with Crippen LogP contribution in [0.15, 0.2) is 59.1 Å². The van der Waals surface area contributed by atoms with Crippen LogP contribution in [0, 0.1) is 0 Å². The van der Waals surface area contributed by atoms with Gasteiger partial charge in [0.15, 0.2) is 17.6 Å². The highest BCUT2D eigenvalue weighted by molar-refractivity contribution is 6.10. The van der Waals surface area contributed by atoms with Crippen molar-refractivity contribution in [1.29, 1.82) is 0 Å². The molecule has 4 aromatic rings. The van der Waals surface area contributed by atoms with Gasteiger partial charge in [0.25, 0.3) is 0 Å². The van der Waals surface area contributed by atoms with Gasteiger partial charge in [-0.15, -0.1) is 0 Å². The second kappa shape index (κ2) is 7.07. The van der Waals surface area contributed by atoms with Gasteiger partial charge in [0.1, 0.15) is 5.52 Å². The summed E-state index contributed by atoms with van der Waals surface area (Å²) < 4.78 is 10.9. The SMILES string of the molecule is C[C@@H](OC(=O)CCc1nc2ccccc2o1)C(=O)c1c[nH]c2ccccc12. The molecule has 1 N–H and O–H groups in total. The summed E-state index contributed by atoms with van der Waals surface area (Å²) in [6.07, 6.45) is 1.20. The molecule has 27 heavy (non-hydrogen) atoms. The Bertz CT molecular complexity index is 1090. The number of Topliss-reactive ketones (excluding diaryl/α,β-unsaturated/α-hetero) is 1. The molecule has 0 aliphatic carbocycles. The zero-order chi connectivity index (χ0) is 18.8. The van der Waals surface area contributed by atoms with E-state index >= 15 is 0 Å². The molecular formula is C21H18N2O4. The fourth-order valence-corrected chi connectivity index (χ4v) is 3.04. The molecule has 2 heterocycles. The number of ether oxygens (including phenoxy) is 1. The number of H-pyrrole nitrogens is 1. The van der Waals surface area contributed by atoms with Gasteiger partial charge in [0, 0.05) is 29.1 Å². The molecule has 0 aliphatic heterocycles. The monoisotopic (exact) mass is 362 g/mol. The molecule has 0 amide bonds. The number of carbonyl (C=O) groups excluding carboxylic acids is 2. The third kappa shape index (κ3) is 3.46. The summed E-state index contributed by atoms with van der Waals surface area (Å²) in [6.45, 7) is 1.58. The molecular weight excluding hydrogens is 344 g/mol. The summed E-state index contributed by atoms with van der Waals surface area (Å²) in [5.74, 6) is -0.218. The van der Waals surface area contributed by atoms with Crippen LogP contribution in [0.25, 0.3) is 22.0 Å². The number of aromatic amines is 1. The second-order valence-corrected chi connectivity index (χ2v) is 6.32. The number of hydrogen-bond donors (Lipinski definition) is 1. The molecule has 2 aromatic heterocycles. The van der Waals surface area contributed by atoms with Crippen molar-refractivity contribution in [1.82, 2.24) is 9.97 Å². The molecule has 0 unspecified atom stereocenters. The lowest BCUT2D eigenvalue weighted by Gasteiger charge is -2.11. The maximum absolute atomic E-state index is 12.6. The van der Waals surface area contributed by atoms with Crippen LogP contribution in [0.2, 0.25) is 0 Å². The van der Waals surface area contributed by atoms with Crippen LogP contribution in [-0.2, 0) is 16.0 Å². The van der Waals surface area contributed by atoms with Gasteiger partial charge in [-0.25, -0.2) is 4.98 Å². The molecule has 0 spiro atoms. The first-order valence-electron chi connectivity index (χ1n) is 8.76. The van der Waals surface area contributed by atoms with Gasteiger partial charge in [0.05, 0.1) is 6.42 Å². The van der Waals surface area contributed by atoms with E-state index < -0.39 is 12.1 Å². The second-order valence-electron chi connectivity index (χ2n) is 6.32. The Morgan fingerprint density at radius 3 is 2.78 bits per heavy atom. The highest BCUT2D eigenvalue weighted by Crippen LogP contribution is 2.20. The van der Waals surface area contributed by atoms with Crippen molar-refractivity contribution >= 4 is 33.8 Å². The first-order chi connectivity index (χ1) is 13.1. The molecule has 0 saturated heterocycles. The number of para-hydroxylation sites is 3. The number of nitrogens with zero attached hydrogens (tertiary/aromatic N) is 1. The van der Waals surface area contributed by atoms with Gasteiger partial charge < -0.3 is 14.1 Å². The predicted octanol–water partition coefficient (Wildman–Crippen LogP) is 4.06. The number of ketones is 1. The van der Waals surface area contributed by atoms with Gasteiger partial charge in [0.2, 0.25) is 5.78 Å². The molecule has 2 aromatic carbocycles. The Hall–Kier alpha value is -3.41. The van der Waals surface area contributed by atoms with Crippen molar-refractivity contribution in [3.8, 4) is 0 Å². The molecule has 6 heteroatoms. The van der Waals surface area contributed by atoms with E-state index in [4.69, 9.17) is 9.15 Å². The zero-order valence-corrected chi connectivity index (χ0v) is 14.8. The summed E-state index contributed by atoms with van der Waals surface area (Å²) in [5.41, 5.74) is 2.83. The van der Waals surface area contributed by atoms with Crippen LogP contribution in [-0.4, -0.2) is 27.8 Å². The zero-order valence-electron chi connectivity index (χ0n) is 14.8. The summed E-state index contributed by atoms with van der Waals surface area (Å²) in [7, 11) is 0. The molecule has 0 saturated carbocycles. The maximum atomic E-state index is 12.6. The molecule has 136 valence electrons. The Labute approximate surface area is 155 Å². The minimum Gasteiger partial charge on any atom is -0.454 e. The number of esters is 1. The fourth-order valence-electron chi connectivity index (χ4n) is 3.04. The van der Waals surface area contributed by atoms with Crippen molar-refractivity contribution in [2.75, 3.05) is 0 Å². The quantitative estimate of drug-likeness (QED) is 0.413. The molecule has 0 aliphatic rings. The number of benzene rings is 2. The van der Waals surface area contributed by atoms with Crippen molar-refractivity contribution < 1.29 is 18.7 Å². The van der Waals surface area contributed by atoms with E-state index in [0.29, 0.717) is 23.5 Å². The number of carbonyl (C=O) groups is 2. The van der Waals surface area contributed by atoms with Crippen molar-refractivity contribution in [3.05, 3.63) is 66.2 Å². The Balaban J connectivity index is 1.37. The van der Waals surface area contributed by atoms with Crippen LogP contribution in [0.4, 0.5) is 0 Å². The van der Waals surface area contributed by atoms with Gasteiger partial charge in [-0.05, 0) is 25.1 Å². The van der Waals surface area contributed by atoms with Gasteiger partial charge in [-0.1, -0.05) is 30.3 Å². The van der Waals surface area contributed by atoms with E-state index in [1.807, 2.05) is 48.5 Å². The minimum atomic E-state index is -0.861. The number of nitrogens with one attached hydrogen (secondary N) is 1. The first kappa shape index (κ1) is 17.0. The third-order valence-electron chi connectivity index (χ3n) is 4.41. The number of aromatic nitrogens is 2. The standard InChI is InChI=1S/C21H18N2O4/c1-13(21(25)15-12-22-16-7-3-2-6-14(15)16)26-20(24)11-10-19-23-17-8-4-5-9-18(17)27-19/h2-9,12-13,22H,10-11H2,1H3/t13-/m1/s1. The van der Waals surface area contributed by atoms with Crippen LogP contribution in [0.5, 0.6) is 0 Å². The summed E-state index contributed by atoms with van der Waals surface area (Å²) >= 11 is 0. The van der Waals surface area contributed by atoms with Crippen LogP contribution < -0.4 is 0 Å². The molecule has 0 fully saturated rings. The summed E-state index contributed by atoms with van der Waals surface area (Å²) in [5, 5.41) is 0.817. The van der Waals surface area contributed by atoms with Crippen molar-refractivity contribution in [2.24, 2.45) is 0 Å². The Morgan fingerprint density at radius 2 is 1.93 bits per heavy atom. The largest absolute Gasteiger partial charge is 0.454 e. The van der Waals surface area contributed by atoms with E-state index in [1.165, 1.54) is 0 Å². The molecule has 6 nitrogen and oxygen atoms in total. The minimum absolute atomic E-state index is 0.0956. The van der Waals surface area contributed by atoms with E-state index in [-0.39, 0.29) is 12.2 Å². The molecule has 0 radical (unpaired) electrons. The van der Waals surface area contributed by atoms with Gasteiger partial charge >= 0.3 is 5.97 Å². The number of aryl methyl sites for hydroxylation is 1. The lowest BCUT2D eigenvalue weighted by Crippen LogP contribution is -2.24. The van der Waals surface area contributed by atoms with E-state index in [2.05, 4.69) is 9.97 Å². The highest BCUT2D eigenvalue weighted by atomic mass is 16.5. The predicted molar refractivity (Wildman–Crippen MR) is 101 cm³/mol. The average Bonchev–Trinajstić information content (AvgIpc) is 3.29. The first-order valence-corrected chi connectivity index (χ1v) is 8.76. The number of oxazole rings is 1. The maximum Gasteiger partial charge on any atom is 0.307 e. The summed E-state index contributed by atoms with van der Waals surface area (Å²) in [4.78, 5) is 32.1. The van der Waals surface area contributed by atoms with Crippen LogP contribution in [0.1, 0.15) is 29.6 Å². The Kier molecular flexibility index (Phi) is 4.46.